The van der Waals surface area contributed by atoms with Gasteiger partial charge in [-0.25, -0.2) is 9.45 Å². The lowest BCUT2D eigenvalue weighted by atomic mass is 10.2. The maximum atomic E-state index is 12.9. The van der Waals surface area contributed by atoms with E-state index in [1.54, 1.807) is 18.2 Å². The predicted molar refractivity (Wildman–Crippen MR) is 62.9 cm³/mol. The second-order valence-electron chi connectivity index (χ2n) is 3.03. The molecule has 0 saturated carbocycles. The average molecular weight is 288 g/mol. The van der Waals surface area contributed by atoms with Crippen molar-refractivity contribution in [2.24, 2.45) is 0 Å². The minimum atomic E-state index is -0.336. The van der Waals surface area contributed by atoms with Crippen LogP contribution in [0.15, 0.2) is 28.7 Å². The molecule has 0 aromatic heterocycles. The zero-order valence-corrected chi connectivity index (χ0v) is 10.5. The normalized spacial score (nSPS) is 10.8. The van der Waals surface area contributed by atoms with E-state index in [4.69, 9.17) is 4.84 Å². The Balaban J connectivity index is 2.77. The number of rotatable bonds is 3. The maximum Gasteiger partial charge on any atom is 0.269 e. The van der Waals surface area contributed by atoms with E-state index in [2.05, 4.69) is 15.9 Å². The van der Waals surface area contributed by atoms with Gasteiger partial charge in [-0.2, -0.15) is 0 Å². The maximum absolute atomic E-state index is 12.9. The molecule has 0 aliphatic rings. The third-order valence-corrected chi connectivity index (χ3v) is 2.55. The summed E-state index contributed by atoms with van der Waals surface area (Å²) in [5.41, 5.74) is 0.728. The van der Waals surface area contributed by atoms with Gasteiger partial charge in [0.05, 0.1) is 11.6 Å². The Morgan fingerprint density at radius 3 is 2.81 bits per heavy atom. The zero-order valence-electron chi connectivity index (χ0n) is 8.91. The molecule has 0 atom stereocenters. The molecule has 1 amide bonds. The van der Waals surface area contributed by atoms with Crippen molar-refractivity contribution in [1.82, 2.24) is 5.06 Å². The van der Waals surface area contributed by atoms with Crippen LogP contribution in [0.3, 0.4) is 0 Å². The second-order valence-corrected chi connectivity index (χ2v) is 3.88. The van der Waals surface area contributed by atoms with Crippen molar-refractivity contribution in [2.45, 2.75) is 0 Å². The molecule has 0 saturated heterocycles. The van der Waals surface area contributed by atoms with E-state index in [9.17, 15) is 9.18 Å². The number of likely N-dealkylation sites (N-methyl/N-ethyl adjacent to an activating group) is 1. The lowest BCUT2D eigenvalue weighted by Crippen LogP contribution is -2.22. The number of hydrogen-bond donors (Lipinski definition) is 0. The van der Waals surface area contributed by atoms with Gasteiger partial charge in [0.25, 0.3) is 5.91 Å². The van der Waals surface area contributed by atoms with Crippen LogP contribution in [0.1, 0.15) is 5.56 Å². The number of halogens is 2. The summed E-state index contributed by atoms with van der Waals surface area (Å²) in [6.07, 6.45) is 2.94. The smallest absolute Gasteiger partial charge is 0.269 e. The summed E-state index contributed by atoms with van der Waals surface area (Å²) in [5, 5.41) is 1.09. The van der Waals surface area contributed by atoms with Crippen LogP contribution in [0, 0.1) is 5.82 Å². The second kappa shape index (κ2) is 5.77. The molecule has 0 fully saturated rings. The Morgan fingerprint density at radius 2 is 2.25 bits per heavy atom. The van der Waals surface area contributed by atoms with Crippen LogP contribution in [0.4, 0.5) is 4.39 Å². The van der Waals surface area contributed by atoms with E-state index in [0.29, 0.717) is 4.47 Å². The largest absolute Gasteiger partial charge is 0.274 e. The Hall–Kier alpha value is -1.20. The molecule has 5 heteroatoms. The van der Waals surface area contributed by atoms with Gasteiger partial charge < -0.3 is 0 Å². The number of hydrogen-bond acceptors (Lipinski definition) is 2. The van der Waals surface area contributed by atoms with Gasteiger partial charge in [0.2, 0.25) is 0 Å². The average Bonchev–Trinajstić information content (AvgIpc) is 2.29. The van der Waals surface area contributed by atoms with Crippen LogP contribution in [-0.2, 0) is 9.63 Å². The molecule has 1 rings (SSSR count). The van der Waals surface area contributed by atoms with E-state index in [0.717, 1.165) is 10.6 Å². The van der Waals surface area contributed by atoms with Crippen LogP contribution in [-0.4, -0.2) is 25.1 Å². The highest BCUT2D eigenvalue weighted by Gasteiger charge is 2.02. The van der Waals surface area contributed by atoms with Crippen molar-refractivity contribution in [3.05, 3.63) is 40.1 Å². The van der Waals surface area contributed by atoms with Crippen molar-refractivity contribution >= 4 is 27.9 Å². The first-order valence-electron chi connectivity index (χ1n) is 4.49. The molecule has 0 N–H and O–H groups in total. The molecular formula is C11H11BrFNO2. The quantitative estimate of drug-likeness (QED) is 0.632. The lowest BCUT2D eigenvalue weighted by Gasteiger charge is -2.09. The minimum absolute atomic E-state index is 0.289. The topological polar surface area (TPSA) is 29.5 Å². The van der Waals surface area contributed by atoms with E-state index < -0.39 is 0 Å². The molecule has 0 heterocycles. The number of nitrogens with zero attached hydrogens (tertiary/aromatic N) is 1. The first-order chi connectivity index (χ1) is 7.54. The summed E-state index contributed by atoms with van der Waals surface area (Å²) in [7, 11) is 2.91. The molecular weight excluding hydrogens is 277 g/mol. The van der Waals surface area contributed by atoms with E-state index in [-0.39, 0.29) is 11.7 Å². The van der Waals surface area contributed by atoms with Crippen molar-refractivity contribution in [3.8, 4) is 0 Å². The van der Waals surface area contributed by atoms with Crippen molar-refractivity contribution in [3.63, 3.8) is 0 Å². The predicted octanol–water partition coefficient (Wildman–Crippen LogP) is 2.62. The summed E-state index contributed by atoms with van der Waals surface area (Å²) in [4.78, 5) is 16.0. The Morgan fingerprint density at radius 1 is 1.56 bits per heavy atom. The Labute approximate surface area is 102 Å². The number of carbonyl (C=O) groups excluding carboxylic acids is 1. The van der Waals surface area contributed by atoms with Crippen molar-refractivity contribution < 1.29 is 14.0 Å². The van der Waals surface area contributed by atoms with E-state index in [1.807, 2.05) is 0 Å². The van der Waals surface area contributed by atoms with Crippen LogP contribution in [0.2, 0.25) is 0 Å². The SMILES string of the molecule is CON(C)C(=O)C=Cc1ccc(F)c(Br)c1. The fourth-order valence-corrected chi connectivity index (χ4v) is 1.37. The van der Waals surface area contributed by atoms with Crippen LogP contribution in [0.5, 0.6) is 0 Å². The molecule has 86 valence electrons. The third-order valence-electron chi connectivity index (χ3n) is 1.95. The lowest BCUT2D eigenvalue weighted by molar-refractivity contribution is -0.162. The number of benzene rings is 1. The summed E-state index contributed by atoms with van der Waals surface area (Å²) in [5.74, 6) is -0.625. The molecule has 0 unspecified atom stereocenters. The van der Waals surface area contributed by atoms with Gasteiger partial charge in [-0.15, -0.1) is 0 Å². The highest BCUT2D eigenvalue weighted by atomic mass is 79.9. The van der Waals surface area contributed by atoms with E-state index in [1.165, 1.54) is 26.3 Å². The molecule has 0 aliphatic heterocycles. The summed E-state index contributed by atoms with van der Waals surface area (Å²) in [6.45, 7) is 0. The van der Waals surface area contributed by atoms with Crippen LogP contribution < -0.4 is 0 Å². The third kappa shape index (κ3) is 3.43. The number of carbonyl (C=O) groups is 1. The fourth-order valence-electron chi connectivity index (χ4n) is 0.979. The van der Waals surface area contributed by atoms with E-state index >= 15 is 0 Å². The fraction of sp³-hybridized carbons (Fsp3) is 0.182. The molecule has 3 nitrogen and oxygen atoms in total. The van der Waals surface area contributed by atoms with Crippen LogP contribution in [0.25, 0.3) is 6.08 Å². The van der Waals surface area contributed by atoms with Crippen molar-refractivity contribution in [1.29, 1.82) is 0 Å². The molecule has 0 bridgehead atoms. The highest BCUT2D eigenvalue weighted by molar-refractivity contribution is 9.10. The van der Waals surface area contributed by atoms with Gasteiger partial charge in [0.15, 0.2) is 0 Å². The van der Waals surface area contributed by atoms with Crippen molar-refractivity contribution in [2.75, 3.05) is 14.2 Å². The van der Waals surface area contributed by atoms with Crippen LogP contribution >= 0.6 is 15.9 Å². The molecule has 0 radical (unpaired) electrons. The monoisotopic (exact) mass is 287 g/mol. The number of hydroxylamine groups is 2. The molecule has 1 aromatic carbocycles. The summed E-state index contributed by atoms with van der Waals surface area (Å²) < 4.78 is 13.3. The van der Waals surface area contributed by atoms with Gasteiger partial charge in [0, 0.05) is 13.1 Å². The van der Waals surface area contributed by atoms with Gasteiger partial charge in [-0.05, 0) is 39.7 Å². The van der Waals surface area contributed by atoms with Gasteiger partial charge in [0.1, 0.15) is 5.82 Å². The highest BCUT2D eigenvalue weighted by Crippen LogP contribution is 2.17. The van der Waals surface area contributed by atoms with Gasteiger partial charge in [-0.1, -0.05) is 6.07 Å². The zero-order chi connectivity index (χ0) is 12.1. The van der Waals surface area contributed by atoms with Gasteiger partial charge in [-0.3, -0.25) is 9.63 Å². The molecule has 1 aromatic rings. The molecule has 0 spiro atoms. The minimum Gasteiger partial charge on any atom is -0.274 e. The Kier molecular flexibility index (Phi) is 4.64. The standard InChI is InChI=1S/C11H11BrFNO2/c1-14(16-2)11(15)6-4-8-3-5-10(13)9(12)7-8/h3-7H,1-2H3. The summed E-state index contributed by atoms with van der Waals surface area (Å²) in [6, 6.07) is 4.50. The molecule has 0 aliphatic carbocycles. The first-order valence-corrected chi connectivity index (χ1v) is 5.29. The Bertz CT molecular complexity index is 420. The first kappa shape index (κ1) is 12.9. The molecule has 16 heavy (non-hydrogen) atoms. The number of amides is 1. The summed E-state index contributed by atoms with van der Waals surface area (Å²) >= 11 is 3.07. The van der Waals surface area contributed by atoms with Gasteiger partial charge >= 0.3 is 0 Å².